The first-order chi connectivity index (χ1) is 13.5. The molecule has 0 fully saturated rings. The fourth-order valence-electron chi connectivity index (χ4n) is 2.97. The first-order valence-electron chi connectivity index (χ1n) is 9.35. The monoisotopic (exact) mass is 412 g/mol. The van der Waals surface area contributed by atoms with E-state index in [1.807, 2.05) is 36.8 Å². The molecular weight excluding hydrogens is 388 g/mol. The number of imidazole rings is 1. The molecule has 3 aromatic rings. The Morgan fingerprint density at radius 2 is 2.00 bits per heavy atom. The van der Waals surface area contributed by atoms with Crippen LogP contribution in [0.2, 0.25) is 5.02 Å². The minimum Gasteiger partial charge on any atom is -0.345 e. The molecule has 0 aliphatic rings. The van der Waals surface area contributed by atoms with Crippen LogP contribution >= 0.6 is 23.8 Å². The lowest BCUT2D eigenvalue weighted by atomic mass is 10.1. The van der Waals surface area contributed by atoms with Gasteiger partial charge in [-0.1, -0.05) is 35.9 Å². The van der Waals surface area contributed by atoms with Crippen LogP contribution in [-0.4, -0.2) is 26.1 Å². The van der Waals surface area contributed by atoms with Crippen LogP contribution in [0.15, 0.2) is 61.2 Å². The van der Waals surface area contributed by atoms with Crippen molar-refractivity contribution in [2.75, 3.05) is 11.9 Å². The average molecular weight is 413 g/mol. The first kappa shape index (κ1) is 20.4. The fraction of sp³-hybridized carbons (Fsp3) is 0.273. The summed E-state index contributed by atoms with van der Waals surface area (Å²) in [6, 6.07) is 14.2. The van der Waals surface area contributed by atoms with Crippen LogP contribution in [0.1, 0.15) is 23.1 Å². The van der Waals surface area contributed by atoms with Crippen LogP contribution in [0.25, 0.3) is 0 Å². The summed E-state index contributed by atoms with van der Waals surface area (Å²) in [5, 5.41) is 4.85. The molecule has 1 aromatic heterocycles. The molecule has 2 aromatic carbocycles. The number of hydrogen-bond donors (Lipinski definition) is 1. The van der Waals surface area contributed by atoms with Gasteiger partial charge in [-0.3, -0.25) is 0 Å². The highest BCUT2D eigenvalue weighted by molar-refractivity contribution is 7.80. The molecule has 0 saturated heterocycles. The Bertz CT molecular complexity index is 924. The number of thiocarbonyl (C=S) groups is 1. The Balaban J connectivity index is 1.70. The molecule has 0 spiro atoms. The normalized spacial score (nSPS) is 10.7. The van der Waals surface area contributed by atoms with Gasteiger partial charge in [0.05, 0.1) is 6.33 Å². The molecule has 0 aliphatic heterocycles. The second kappa shape index (κ2) is 9.71. The van der Waals surface area contributed by atoms with Gasteiger partial charge in [-0.2, -0.15) is 0 Å². The van der Waals surface area contributed by atoms with E-state index < -0.39 is 0 Å². The van der Waals surface area contributed by atoms with E-state index in [9.17, 15) is 0 Å². The summed E-state index contributed by atoms with van der Waals surface area (Å²) in [7, 11) is 0. The number of halogens is 1. The van der Waals surface area contributed by atoms with Gasteiger partial charge in [-0.15, -0.1) is 0 Å². The summed E-state index contributed by atoms with van der Waals surface area (Å²) < 4.78 is 2.08. The minimum absolute atomic E-state index is 0.667. The molecule has 0 radical (unpaired) electrons. The number of aryl methyl sites for hydroxylation is 3. The third-order valence-corrected chi connectivity index (χ3v) is 5.50. The van der Waals surface area contributed by atoms with Crippen molar-refractivity contribution in [3.05, 3.63) is 82.9 Å². The summed E-state index contributed by atoms with van der Waals surface area (Å²) in [5.74, 6) is 0. The summed E-state index contributed by atoms with van der Waals surface area (Å²) in [4.78, 5) is 6.27. The highest BCUT2D eigenvalue weighted by atomic mass is 35.5. The van der Waals surface area contributed by atoms with E-state index in [1.54, 1.807) is 6.20 Å². The van der Waals surface area contributed by atoms with E-state index in [0.29, 0.717) is 11.7 Å². The second-order valence-corrected chi connectivity index (χ2v) is 7.69. The van der Waals surface area contributed by atoms with Crippen LogP contribution < -0.4 is 5.32 Å². The third-order valence-electron chi connectivity index (χ3n) is 4.77. The van der Waals surface area contributed by atoms with E-state index in [2.05, 4.69) is 51.8 Å². The Kier molecular flexibility index (Phi) is 7.06. The summed E-state index contributed by atoms with van der Waals surface area (Å²) >= 11 is 12.1. The largest absolute Gasteiger partial charge is 0.345 e. The van der Waals surface area contributed by atoms with Crippen LogP contribution in [0.3, 0.4) is 0 Å². The zero-order valence-corrected chi connectivity index (χ0v) is 17.8. The van der Waals surface area contributed by atoms with Crippen LogP contribution in [0.5, 0.6) is 0 Å². The zero-order valence-electron chi connectivity index (χ0n) is 16.2. The predicted octanol–water partition coefficient (Wildman–Crippen LogP) is 5.44. The molecule has 4 nitrogen and oxygen atoms in total. The Morgan fingerprint density at radius 3 is 2.71 bits per heavy atom. The molecule has 0 aliphatic carbocycles. The Morgan fingerprint density at radius 1 is 1.18 bits per heavy atom. The lowest BCUT2D eigenvalue weighted by molar-refractivity contribution is 0.396. The van der Waals surface area contributed by atoms with Crippen molar-refractivity contribution in [2.24, 2.45) is 0 Å². The van der Waals surface area contributed by atoms with Crippen molar-refractivity contribution >= 4 is 34.6 Å². The molecule has 146 valence electrons. The van der Waals surface area contributed by atoms with Gasteiger partial charge in [-0.05, 0) is 67.4 Å². The smallest absolute Gasteiger partial charge is 0.173 e. The SMILES string of the molecule is Cc1ccc(NC(=S)N(CCCn2ccnc2)Cc2ccccc2Cl)cc1C. The van der Waals surface area contributed by atoms with Crippen molar-refractivity contribution in [1.82, 2.24) is 14.5 Å². The summed E-state index contributed by atoms with van der Waals surface area (Å²) in [5.41, 5.74) is 4.58. The van der Waals surface area contributed by atoms with Crippen molar-refractivity contribution < 1.29 is 0 Å². The van der Waals surface area contributed by atoms with E-state index in [-0.39, 0.29) is 0 Å². The maximum Gasteiger partial charge on any atom is 0.173 e. The van der Waals surface area contributed by atoms with Crippen LogP contribution in [-0.2, 0) is 13.1 Å². The number of anilines is 1. The maximum atomic E-state index is 6.38. The van der Waals surface area contributed by atoms with E-state index >= 15 is 0 Å². The van der Waals surface area contributed by atoms with Gasteiger partial charge in [0.15, 0.2) is 5.11 Å². The number of nitrogens with one attached hydrogen (secondary N) is 1. The van der Waals surface area contributed by atoms with Gasteiger partial charge in [0, 0.05) is 42.7 Å². The lowest BCUT2D eigenvalue weighted by Crippen LogP contribution is -2.35. The van der Waals surface area contributed by atoms with Gasteiger partial charge in [0.2, 0.25) is 0 Å². The molecular formula is C22H25ClN4S. The Labute approximate surface area is 177 Å². The maximum absolute atomic E-state index is 6.38. The number of benzene rings is 2. The molecule has 0 amide bonds. The van der Waals surface area contributed by atoms with E-state index in [0.717, 1.165) is 35.8 Å². The van der Waals surface area contributed by atoms with Crippen molar-refractivity contribution in [1.29, 1.82) is 0 Å². The molecule has 6 heteroatoms. The fourth-order valence-corrected chi connectivity index (χ4v) is 3.44. The van der Waals surface area contributed by atoms with Gasteiger partial charge in [0.1, 0.15) is 0 Å². The van der Waals surface area contributed by atoms with Crippen LogP contribution in [0, 0.1) is 13.8 Å². The van der Waals surface area contributed by atoms with Crippen molar-refractivity contribution in [3.8, 4) is 0 Å². The third kappa shape index (κ3) is 5.57. The summed E-state index contributed by atoms with van der Waals surface area (Å²) in [6.07, 6.45) is 6.57. The lowest BCUT2D eigenvalue weighted by Gasteiger charge is -2.27. The molecule has 3 rings (SSSR count). The molecule has 0 atom stereocenters. The summed E-state index contributed by atoms with van der Waals surface area (Å²) in [6.45, 7) is 6.60. The predicted molar refractivity (Wildman–Crippen MR) is 121 cm³/mol. The average Bonchev–Trinajstić information content (AvgIpc) is 3.19. The highest BCUT2D eigenvalue weighted by Gasteiger charge is 2.13. The first-order valence-corrected chi connectivity index (χ1v) is 10.1. The van der Waals surface area contributed by atoms with Crippen molar-refractivity contribution in [2.45, 2.75) is 33.4 Å². The highest BCUT2D eigenvalue weighted by Crippen LogP contribution is 2.19. The number of rotatable bonds is 7. The minimum atomic E-state index is 0.667. The van der Waals surface area contributed by atoms with E-state index in [1.165, 1.54) is 11.1 Å². The topological polar surface area (TPSA) is 33.1 Å². The standard InChI is InChI=1S/C22H25ClN4S/c1-17-8-9-20(14-18(17)2)25-22(28)27(12-5-11-26-13-10-24-16-26)15-19-6-3-4-7-21(19)23/h3-4,6-10,13-14,16H,5,11-12,15H2,1-2H3,(H,25,28). The zero-order chi connectivity index (χ0) is 19.9. The molecule has 28 heavy (non-hydrogen) atoms. The van der Waals surface area contributed by atoms with Gasteiger partial charge in [-0.25, -0.2) is 4.98 Å². The van der Waals surface area contributed by atoms with Gasteiger partial charge < -0.3 is 14.8 Å². The number of nitrogens with zero attached hydrogens (tertiary/aromatic N) is 3. The van der Waals surface area contributed by atoms with Crippen molar-refractivity contribution in [3.63, 3.8) is 0 Å². The Hall–Kier alpha value is -2.37. The number of aromatic nitrogens is 2. The molecule has 0 unspecified atom stereocenters. The molecule has 1 heterocycles. The van der Waals surface area contributed by atoms with Gasteiger partial charge >= 0.3 is 0 Å². The second-order valence-electron chi connectivity index (χ2n) is 6.90. The molecule has 0 bridgehead atoms. The van der Waals surface area contributed by atoms with Crippen LogP contribution in [0.4, 0.5) is 5.69 Å². The van der Waals surface area contributed by atoms with Gasteiger partial charge in [0.25, 0.3) is 0 Å². The quantitative estimate of drug-likeness (QED) is 0.523. The molecule has 0 saturated carbocycles. The number of hydrogen-bond acceptors (Lipinski definition) is 2. The molecule has 1 N–H and O–H groups in total. The van der Waals surface area contributed by atoms with E-state index in [4.69, 9.17) is 23.8 Å².